The third-order valence-electron chi connectivity index (χ3n) is 11.7. The molecule has 0 bridgehead atoms. The van der Waals surface area contributed by atoms with Crippen LogP contribution in [0.3, 0.4) is 0 Å². The third-order valence-corrected chi connectivity index (χ3v) is 11.7. The van der Waals surface area contributed by atoms with Crippen LogP contribution in [0.15, 0.2) is 60.7 Å². The molecule has 2 heterocycles. The molecule has 0 amide bonds. The standard InChI is InChI=1S/C42H40O19/c43-11-14-7-18-26(16-3-1-5-22(30(16)34(50)28(18)20(46)8-14)58-41-38(54)36(52)32(48)24(12-44)60-41)27-17-4-2-6-23(59-42-39(55)37(53)33(49)25(13-45)61-42)31(17)35(51)29-19(27)9-15(40(56)57)10-21(29)47/h1-10,24-27,32-33,36-39,41-49,52-55H,11-13H2,(H,56,57)/t24-,25-,26+,27?,32-,33-,36+,37+,38-,39-,41-,42-/m1/s1. The Labute approximate surface area is 344 Å². The summed E-state index contributed by atoms with van der Waals surface area (Å²) in [4.78, 5) is 41.8. The van der Waals surface area contributed by atoms with Gasteiger partial charge < -0.3 is 80.2 Å². The number of hydrogen-bond donors (Lipinski definition) is 12. The van der Waals surface area contributed by atoms with Crippen LogP contribution in [-0.2, 0) is 16.1 Å². The van der Waals surface area contributed by atoms with Gasteiger partial charge in [0.1, 0.15) is 71.8 Å². The number of aromatic hydroxyl groups is 2. The minimum atomic E-state index is -1.91. The van der Waals surface area contributed by atoms with Crippen molar-refractivity contribution in [2.75, 3.05) is 13.2 Å². The Kier molecular flexibility index (Phi) is 11.1. The van der Waals surface area contributed by atoms with E-state index >= 15 is 0 Å². The molecule has 2 aliphatic carbocycles. The molecule has 2 fully saturated rings. The number of carboxylic acids is 1. The summed E-state index contributed by atoms with van der Waals surface area (Å²) in [6.45, 7) is -2.21. The Balaban J connectivity index is 1.37. The lowest BCUT2D eigenvalue weighted by Gasteiger charge is -2.41. The van der Waals surface area contributed by atoms with Crippen LogP contribution >= 0.6 is 0 Å². The molecule has 322 valence electrons. The molecule has 4 aromatic carbocycles. The molecule has 19 heteroatoms. The van der Waals surface area contributed by atoms with Gasteiger partial charge in [-0.25, -0.2) is 4.79 Å². The van der Waals surface area contributed by atoms with Crippen molar-refractivity contribution in [3.63, 3.8) is 0 Å². The largest absolute Gasteiger partial charge is 0.507 e. The van der Waals surface area contributed by atoms with Crippen LogP contribution in [-0.4, -0.2) is 153 Å². The van der Waals surface area contributed by atoms with Crippen molar-refractivity contribution < 1.29 is 94.6 Å². The average molecular weight is 849 g/mol. The maximum absolute atomic E-state index is 14.7. The van der Waals surface area contributed by atoms with Gasteiger partial charge in [-0.1, -0.05) is 30.3 Å². The summed E-state index contributed by atoms with van der Waals surface area (Å²) in [5.74, 6) is -7.67. The van der Waals surface area contributed by atoms with Crippen LogP contribution in [0.25, 0.3) is 0 Å². The Morgan fingerprint density at radius 3 is 1.43 bits per heavy atom. The first-order chi connectivity index (χ1) is 29.1. The SMILES string of the molecule is O=C(O)c1cc(O)c2c(c1)C([C@@H]1c3cc(CO)cc(O)c3C(=O)c3c(O[C@@H]4O[C@H](CO)[C@@H](O)[C@H](O)[C@H]4O)cccc31)c1cccc(O[C@@H]3O[C@H](CO)[C@@H](O)[C@H](O)[C@H]3O)c1C2=O. The topological polar surface area (TPSA) is 331 Å². The smallest absolute Gasteiger partial charge is 0.335 e. The number of carbonyl (C=O) groups excluding carboxylic acids is 2. The molecule has 0 saturated carbocycles. The molecule has 19 nitrogen and oxygen atoms in total. The van der Waals surface area contributed by atoms with Crippen molar-refractivity contribution in [3.8, 4) is 23.0 Å². The minimum absolute atomic E-state index is 0.0646. The number of rotatable bonds is 9. The van der Waals surface area contributed by atoms with Gasteiger partial charge in [-0.15, -0.1) is 0 Å². The molecule has 61 heavy (non-hydrogen) atoms. The van der Waals surface area contributed by atoms with Crippen LogP contribution < -0.4 is 9.47 Å². The summed E-state index contributed by atoms with van der Waals surface area (Å²) >= 11 is 0. The van der Waals surface area contributed by atoms with E-state index in [-0.39, 0.29) is 56.0 Å². The highest BCUT2D eigenvalue weighted by Crippen LogP contribution is 2.56. The highest BCUT2D eigenvalue weighted by atomic mass is 16.7. The molecule has 12 N–H and O–H groups in total. The Morgan fingerprint density at radius 1 is 0.557 bits per heavy atom. The zero-order valence-electron chi connectivity index (χ0n) is 31.5. The second-order valence-electron chi connectivity index (χ2n) is 15.2. The predicted octanol–water partition coefficient (Wildman–Crippen LogP) is -1.30. The number of ketones is 2. The predicted molar refractivity (Wildman–Crippen MR) is 201 cm³/mol. The number of aromatic carboxylic acids is 1. The number of aliphatic hydroxyl groups excluding tert-OH is 9. The van der Waals surface area contributed by atoms with E-state index < -0.39 is 133 Å². The molecule has 8 rings (SSSR count). The van der Waals surface area contributed by atoms with Crippen LogP contribution in [0.1, 0.15) is 81.9 Å². The van der Waals surface area contributed by atoms with Gasteiger partial charge in [-0.2, -0.15) is 0 Å². The fraction of sp³-hybridized carbons (Fsp3) is 0.357. The average Bonchev–Trinajstić information content (AvgIpc) is 3.24. The van der Waals surface area contributed by atoms with Gasteiger partial charge in [-0.05, 0) is 58.1 Å². The van der Waals surface area contributed by atoms with Gasteiger partial charge in [0.25, 0.3) is 0 Å². The lowest BCUT2D eigenvalue weighted by Crippen LogP contribution is -2.60. The van der Waals surface area contributed by atoms with E-state index in [1.54, 1.807) is 0 Å². The van der Waals surface area contributed by atoms with Crippen LogP contribution in [0.4, 0.5) is 0 Å². The number of phenols is 2. The number of ether oxygens (including phenoxy) is 4. The Bertz CT molecular complexity index is 2410. The van der Waals surface area contributed by atoms with Crippen molar-refractivity contribution >= 4 is 17.5 Å². The second kappa shape index (κ2) is 16.0. The summed E-state index contributed by atoms with van der Waals surface area (Å²) in [5, 5.41) is 126. The molecule has 0 spiro atoms. The number of hydrogen-bond acceptors (Lipinski definition) is 18. The number of carbonyl (C=O) groups is 3. The van der Waals surface area contributed by atoms with Crippen molar-refractivity contribution in [1.29, 1.82) is 0 Å². The first-order valence-corrected chi connectivity index (χ1v) is 19.0. The maximum Gasteiger partial charge on any atom is 0.335 e. The number of phenolic OH excluding ortho intramolecular Hbond substituents is 2. The van der Waals surface area contributed by atoms with Crippen LogP contribution in [0.5, 0.6) is 23.0 Å². The molecule has 2 saturated heterocycles. The van der Waals surface area contributed by atoms with E-state index in [9.17, 15) is 75.7 Å². The Morgan fingerprint density at radius 2 is 1.00 bits per heavy atom. The quantitative estimate of drug-likeness (QED) is 0.0931. The first kappa shape index (κ1) is 42.2. The van der Waals surface area contributed by atoms with Crippen molar-refractivity contribution in [2.45, 2.75) is 79.9 Å². The molecule has 1 unspecified atom stereocenters. The summed E-state index contributed by atoms with van der Waals surface area (Å²) in [6, 6.07) is 13.1. The zero-order chi connectivity index (χ0) is 43.8. The fourth-order valence-electron chi connectivity index (χ4n) is 8.74. The molecule has 0 radical (unpaired) electrons. The third kappa shape index (κ3) is 6.80. The molecule has 12 atom stereocenters. The van der Waals surface area contributed by atoms with E-state index in [1.165, 1.54) is 42.5 Å². The number of carboxylic acid groups (broad SMARTS) is 1. The van der Waals surface area contributed by atoms with Crippen molar-refractivity contribution in [3.05, 3.63) is 116 Å². The van der Waals surface area contributed by atoms with E-state index in [4.69, 9.17) is 18.9 Å². The molecule has 4 aromatic rings. The van der Waals surface area contributed by atoms with Gasteiger partial charge in [0.2, 0.25) is 24.1 Å². The second-order valence-corrected chi connectivity index (χ2v) is 15.2. The lowest BCUT2D eigenvalue weighted by atomic mass is 9.63. The van der Waals surface area contributed by atoms with E-state index in [0.717, 1.165) is 18.2 Å². The number of benzene rings is 4. The van der Waals surface area contributed by atoms with Gasteiger partial charge in [0, 0.05) is 11.8 Å². The van der Waals surface area contributed by atoms with E-state index in [0.29, 0.717) is 0 Å². The van der Waals surface area contributed by atoms with Crippen molar-refractivity contribution in [1.82, 2.24) is 0 Å². The van der Waals surface area contributed by atoms with E-state index in [2.05, 4.69) is 0 Å². The van der Waals surface area contributed by atoms with Gasteiger partial charge in [0.05, 0.1) is 47.6 Å². The van der Waals surface area contributed by atoms with Gasteiger partial charge in [0.15, 0.2) is 0 Å². The lowest BCUT2D eigenvalue weighted by molar-refractivity contribution is -0.277. The highest BCUT2D eigenvalue weighted by Gasteiger charge is 2.50. The minimum Gasteiger partial charge on any atom is -0.507 e. The molecular weight excluding hydrogens is 808 g/mol. The molecular formula is C42H40O19. The summed E-state index contributed by atoms with van der Waals surface area (Å²) in [7, 11) is 0. The zero-order valence-corrected chi connectivity index (χ0v) is 31.5. The van der Waals surface area contributed by atoms with E-state index in [1.807, 2.05) is 0 Å². The summed E-state index contributed by atoms with van der Waals surface area (Å²) in [5.41, 5.74) is -1.30. The van der Waals surface area contributed by atoms with Crippen LogP contribution in [0.2, 0.25) is 0 Å². The fourth-order valence-corrected chi connectivity index (χ4v) is 8.74. The summed E-state index contributed by atoms with van der Waals surface area (Å²) < 4.78 is 23.1. The summed E-state index contributed by atoms with van der Waals surface area (Å²) in [6.07, 6.45) is -17.4. The number of aliphatic hydroxyl groups is 9. The highest BCUT2D eigenvalue weighted by molar-refractivity contribution is 6.18. The molecule has 2 aliphatic heterocycles. The van der Waals surface area contributed by atoms with Gasteiger partial charge >= 0.3 is 5.97 Å². The normalized spacial score (nSPS) is 30.4. The Hall–Kier alpha value is -5.55. The molecule has 0 aromatic heterocycles. The molecule has 4 aliphatic rings. The first-order valence-electron chi connectivity index (χ1n) is 19.0. The van der Waals surface area contributed by atoms with Crippen molar-refractivity contribution in [2.24, 2.45) is 0 Å². The number of fused-ring (bicyclic) bond motifs is 4. The van der Waals surface area contributed by atoms with Gasteiger partial charge in [-0.3, -0.25) is 9.59 Å². The maximum atomic E-state index is 14.7. The monoisotopic (exact) mass is 848 g/mol. The van der Waals surface area contributed by atoms with Crippen LogP contribution in [0, 0.1) is 0 Å².